The molecule has 3 aromatic rings. The van der Waals surface area contributed by atoms with Crippen LogP contribution in [0.2, 0.25) is 0 Å². The summed E-state index contributed by atoms with van der Waals surface area (Å²) in [4.78, 5) is 18.0. The van der Waals surface area contributed by atoms with E-state index in [9.17, 15) is 13.2 Å². The Hall–Kier alpha value is -3.20. The quantitative estimate of drug-likeness (QED) is 0.612. The normalized spacial score (nSPS) is 15.4. The average Bonchev–Trinajstić information content (AvgIpc) is 3.25. The number of likely N-dealkylation sites (tertiary alicyclic amines) is 1. The second kappa shape index (κ2) is 8.97. The zero-order valence-electron chi connectivity index (χ0n) is 19.0. The molecule has 1 N–H and O–H groups in total. The van der Waals surface area contributed by atoms with Gasteiger partial charge in [-0.15, -0.1) is 0 Å². The van der Waals surface area contributed by atoms with Crippen LogP contribution in [0, 0.1) is 0 Å². The number of sulfone groups is 1. The van der Waals surface area contributed by atoms with Crippen LogP contribution >= 0.6 is 0 Å². The molecule has 4 rings (SSSR count). The van der Waals surface area contributed by atoms with Crippen LogP contribution in [0.15, 0.2) is 59.9 Å². The highest BCUT2D eigenvalue weighted by molar-refractivity contribution is 7.92. The summed E-state index contributed by atoms with van der Waals surface area (Å²) in [5, 5.41) is 6.68. The van der Waals surface area contributed by atoms with Crippen LogP contribution < -0.4 is 0 Å². The predicted molar refractivity (Wildman–Crippen MR) is 125 cm³/mol. The molecule has 0 radical (unpaired) electrons. The van der Waals surface area contributed by atoms with Gasteiger partial charge in [-0.05, 0) is 51.3 Å². The van der Waals surface area contributed by atoms with Crippen LogP contribution in [-0.4, -0.2) is 58.5 Å². The summed E-state index contributed by atoms with van der Waals surface area (Å²) in [5.74, 6) is 0. The van der Waals surface area contributed by atoms with Crippen LogP contribution in [0.5, 0.6) is 0 Å². The molecule has 1 aliphatic rings. The van der Waals surface area contributed by atoms with Crippen molar-refractivity contribution in [2.75, 3.05) is 13.1 Å². The third-order valence-corrected chi connectivity index (χ3v) is 7.78. The number of nitrogens with zero attached hydrogens (tertiary/aromatic N) is 3. The van der Waals surface area contributed by atoms with Crippen molar-refractivity contribution in [1.29, 1.82) is 0 Å². The van der Waals surface area contributed by atoms with E-state index in [4.69, 9.17) is 4.74 Å². The number of aromatic nitrogens is 3. The standard InChI is InChI=1S/C24H28N4O4S/c1-24(2,3)32-23(29)28-15-11-19(12-16-28)33(30,31)22-20(17-9-13-25-14-10-17)21(26-27-22)18-7-5-4-6-8-18/h4-10,13-14,19H,11-12,15-16H2,1-3H3,(H,26,27). The number of nitrogens with one attached hydrogen (secondary N) is 1. The Balaban J connectivity index is 1.64. The lowest BCUT2D eigenvalue weighted by atomic mass is 10.0. The second-order valence-corrected chi connectivity index (χ2v) is 11.3. The van der Waals surface area contributed by atoms with Gasteiger partial charge in [0.05, 0.1) is 5.25 Å². The maximum Gasteiger partial charge on any atom is 0.410 e. The van der Waals surface area contributed by atoms with Crippen molar-refractivity contribution in [3.63, 3.8) is 0 Å². The molecular formula is C24H28N4O4S. The number of hydrogen-bond acceptors (Lipinski definition) is 6. The van der Waals surface area contributed by atoms with Gasteiger partial charge in [0.2, 0.25) is 0 Å². The molecule has 0 bridgehead atoms. The number of ether oxygens (including phenoxy) is 1. The van der Waals surface area contributed by atoms with Crippen molar-refractivity contribution in [1.82, 2.24) is 20.1 Å². The molecule has 1 amide bonds. The van der Waals surface area contributed by atoms with Gasteiger partial charge in [-0.25, -0.2) is 13.2 Å². The highest BCUT2D eigenvalue weighted by Crippen LogP contribution is 2.37. The minimum atomic E-state index is -3.73. The van der Waals surface area contributed by atoms with E-state index in [2.05, 4.69) is 15.2 Å². The van der Waals surface area contributed by atoms with Crippen molar-refractivity contribution < 1.29 is 17.9 Å². The molecule has 9 heteroatoms. The number of carbonyl (C=O) groups excluding carboxylic acids is 1. The molecule has 0 unspecified atom stereocenters. The molecule has 0 saturated carbocycles. The number of H-pyrrole nitrogens is 1. The molecule has 33 heavy (non-hydrogen) atoms. The zero-order chi connectivity index (χ0) is 23.6. The van der Waals surface area contributed by atoms with E-state index >= 15 is 0 Å². The monoisotopic (exact) mass is 468 g/mol. The van der Waals surface area contributed by atoms with Gasteiger partial charge < -0.3 is 9.64 Å². The van der Waals surface area contributed by atoms with Gasteiger partial charge in [0, 0.05) is 36.6 Å². The average molecular weight is 469 g/mol. The lowest BCUT2D eigenvalue weighted by Crippen LogP contribution is -2.44. The Morgan fingerprint density at radius 1 is 1.03 bits per heavy atom. The van der Waals surface area contributed by atoms with E-state index in [1.807, 2.05) is 51.1 Å². The Labute approximate surface area is 193 Å². The SMILES string of the molecule is CC(C)(C)OC(=O)N1CCC(S(=O)(=O)c2[nH]nc(-c3ccccc3)c2-c2ccncc2)CC1. The fourth-order valence-electron chi connectivity index (χ4n) is 3.97. The summed E-state index contributed by atoms with van der Waals surface area (Å²) in [6, 6.07) is 13.0. The Morgan fingerprint density at radius 2 is 1.67 bits per heavy atom. The molecule has 8 nitrogen and oxygen atoms in total. The van der Waals surface area contributed by atoms with E-state index in [-0.39, 0.29) is 5.03 Å². The van der Waals surface area contributed by atoms with Crippen molar-refractivity contribution in [3.05, 3.63) is 54.9 Å². The number of amides is 1. The molecule has 1 aromatic carbocycles. The lowest BCUT2D eigenvalue weighted by Gasteiger charge is -2.33. The van der Waals surface area contributed by atoms with E-state index in [0.717, 1.165) is 11.1 Å². The number of aromatic amines is 1. The number of carbonyl (C=O) groups is 1. The molecule has 0 atom stereocenters. The van der Waals surface area contributed by atoms with Crippen molar-refractivity contribution in [2.45, 2.75) is 49.5 Å². The molecule has 0 spiro atoms. The Kier molecular flexibility index (Phi) is 6.25. The lowest BCUT2D eigenvalue weighted by molar-refractivity contribution is 0.0217. The minimum Gasteiger partial charge on any atom is -0.444 e. The summed E-state index contributed by atoms with van der Waals surface area (Å²) in [7, 11) is -3.73. The smallest absolute Gasteiger partial charge is 0.410 e. The first-order valence-corrected chi connectivity index (χ1v) is 12.5. The number of pyridine rings is 1. The minimum absolute atomic E-state index is 0.100. The predicted octanol–water partition coefficient (Wildman–Crippen LogP) is 4.31. The zero-order valence-corrected chi connectivity index (χ0v) is 19.8. The van der Waals surface area contributed by atoms with Gasteiger partial charge in [-0.2, -0.15) is 5.10 Å². The van der Waals surface area contributed by atoms with Crippen molar-refractivity contribution in [2.24, 2.45) is 0 Å². The van der Waals surface area contributed by atoms with Gasteiger partial charge in [0.15, 0.2) is 14.9 Å². The maximum atomic E-state index is 13.7. The molecule has 1 fully saturated rings. The largest absolute Gasteiger partial charge is 0.444 e. The third-order valence-electron chi connectivity index (χ3n) is 5.57. The van der Waals surface area contributed by atoms with Crippen LogP contribution in [0.4, 0.5) is 4.79 Å². The summed E-state index contributed by atoms with van der Waals surface area (Å²) < 4.78 is 32.8. The first-order valence-electron chi connectivity index (χ1n) is 10.9. The van der Waals surface area contributed by atoms with Gasteiger partial charge in [-0.1, -0.05) is 30.3 Å². The van der Waals surface area contributed by atoms with Gasteiger partial charge >= 0.3 is 6.09 Å². The summed E-state index contributed by atoms with van der Waals surface area (Å²) in [5.41, 5.74) is 2.07. The van der Waals surface area contributed by atoms with Crippen LogP contribution in [0.3, 0.4) is 0 Å². The van der Waals surface area contributed by atoms with Gasteiger partial charge in [-0.3, -0.25) is 10.1 Å². The van der Waals surface area contributed by atoms with E-state index in [1.54, 1.807) is 29.4 Å². The van der Waals surface area contributed by atoms with Crippen LogP contribution in [0.1, 0.15) is 33.6 Å². The highest BCUT2D eigenvalue weighted by atomic mass is 32.2. The number of benzene rings is 1. The summed E-state index contributed by atoms with van der Waals surface area (Å²) in [6.07, 6.45) is 3.51. The summed E-state index contributed by atoms with van der Waals surface area (Å²) in [6.45, 7) is 6.08. The van der Waals surface area contributed by atoms with Crippen molar-refractivity contribution in [3.8, 4) is 22.4 Å². The third kappa shape index (κ3) is 4.93. The van der Waals surface area contributed by atoms with Crippen molar-refractivity contribution >= 4 is 15.9 Å². The maximum absolute atomic E-state index is 13.7. The molecule has 0 aliphatic carbocycles. The van der Waals surface area contributed by atoms with E-state index in [0.29, 0.717) is 37.2 Å². The van der Waals surface area contributed by atoms with Crippen LogP contribution in [0.25, 0.3) is 22.4 Å². The first kappa shape index (κ1) is 23.0. The molecular weight excluding hydrogens is 440 g/mol. The topological polar surface area (TPSA) is 105 Å². The Bertz CT molecular complexity index is 1210. The first-order chi connectivity index (χ1) is 15.7. The highest BCUT2D eigenvalue weighted by Gasteiger charge is 2.37. The number of rotatable bonds is 4. The molecule has 1 aliphatic heterocycles. The van der Waals surface area contributed by atoms with E-state index < -0.39 is 26.8 Å². The van der Waals surface area contributed by atoms with Gasteiger partial charge in [0.25, 0.3) is 0 Å². The van der Waals surface area contributed by atoms with Gasteiger partial charge in [0.1, 0.15) is 11.3 Å². The fourth-order valence-corrected chi connectivity index (χ4v) is 5.80. The number of hydrogen-bond donors (Lipinski definition) is 1. The Morgan fingerprint density at radius 3 is 2.27 bits per heavy atom. The molecule has 2 aromatic heterocycles. The summed E-state index contributed by atoms with van der Waals surface area (Å²) >= 11 is 0. The molecule has 1 saturated heterocycles. The fraction of sp³-hybridized carbons (Fsp3) is 0.375. The molecule has 174 valence electrons. The van der Waals surface area contributed by atoms with E-state index in [1.165, 1.54) is 0 Å². The van der Waals surface area contributed by atoms with Crippen LogP contribution in [-0.2, 0) is 14.6 Å². The molecule has 3 heterocycles. The number of piperidine rings is 1. The second-order valence-electron chi connectivity index (χ2n) is 9.09.